The molecule has 0 saturated heterocycles. The van der Waals surface area contributed by atoms with E-state index in [2.05, 4.69) is 15.3 Å². The van der Waals surface area contributed by atoms with Crippen LogP contribution in [0, 0.1) is 17.0 Å². The molecule has 0 saturated carbocycles. The largest absolute Gasteiger partial charge is 0.269 e. The van der Waals surface area contributed by atoms with Crippen LogP contribution in [0.1, 0.15) is 11.4 Å². The van der Waals surface area contributed by atoms with Crippen LogP contribution in [0.4, 0.5) is 5.69 Å². The normalized spacial score (nSPS) is 11.1. The third-order valence-corrected chi connectivity index (χ3v) is 3.00. The van der Waals surface area contributed by atoms with E-state index in [1.807, 2.05) is 6.26 Å². The Labute approximate surface area is 113 Å². The van der Waals surface area contributed by atoms with Crippen molar-refractivity contribution in [1.82, 2.24) is 14.9 Å². The first-order valence-corrected chi connectivity index (χ1v) is 6.59. The number of thioether (sulfide) groups is 1. The number of aromatic nitrogens is 3. The summed E-state index contributed by atoms with van der Waals surface area (Å²) in [6.45, 7) is 1.81. The van der Waals surface area contributed by atoms with E-state index in [1.165, 1.54) is 23.9 Å². The van der Waals surface area contributed by atoms with E-state index in [0.29, 0.717) is 11.0 Å². The fraction of sp³-hybridized carbons (Fsp3) is 0.182. The molecule has 0 atom stereocenters. The lowest BCUT2D eigenvalue weighted by Crippen LogP contribution is -1.95. The fourth-order valence-electron chi connectivity index (χ4n) is 1.41. The van der Waals surface area contributed by atoms with Crippen LogP contribution < -0.4 is 0 Å². The lowest BCUT2D eigenvalue weighted by atomic mass is 10.2. The van der Waals surface area contributed by atoms with Gasteiger partial charge in [-0.25, -0.2) is 0 Å². The average Bonchev–Trinajstić information content (AvgIpc) is 2.77. The molecule has 8 heteroatoms. The van der Waals surface area contributed by atoms with Gasteiger partial charge in [0.2, 0.25) is 5.16 Å². The molecule has 0 aliphatic heterocycles. The number of nitrogens with zero attached hydrogens (tertiary/aromatic N) is 5. The third kappa shape index (κ3) is 2.97. The molecule has 0 amide bonds. The Morgan fingerprint density at radius 2 is 2.05 bits per heavy atom. The smallest absolute Gasteiger partial charge is 0.258 e. The minimum Gasteiger partial charge on any atom is -0.258 e. The van der Waals surface area contributed by atoms with E-state index in [0.717, 1.165) is 5.56 Å². The Morgan fingerprint density at radius 3 is 2.63 bits per heavy atom. The van der Waals surface area contributed by atoms with Crippen LogP contribution in [-0.2, 0) is 0 Å². The summed E-state index contributed by atoms with van der Waals surface area (Å²) in [5.74, 6) is 0.683. The molecule has 19 heavy (non-hydrogen) atoms. The molecule has 0 bridgehead atoms. The highest BCUT2D eigenvalue weighted by atomic mass is 32.2. The van der Waals surface area contributed by atoms with Gasteiger partial charge in [-0.05, 0) is 30.9 Å². The van der Waals surface area contributed by atoms with Crippen molar-refractivity contribution < 1.29 is 4.92 Å². The van der Waals surface area contributed by atoms with Gasteiger partial charge >= 0.3 is 0 Å². The van der Waals surface area contributed by atoms with E-state index in [1.54, 1.807) is 29.9 Å². The van der Waals surface area contributed by atoms with Gasteiger partial charge in [0.25, 0.3) is 5.69 Å². The molecule has 1 heterocycles. The highest BCUT2D eigenvalue weighted by Gasteiger charge is 2.06. The molecule has 2 aromatic rings. The lowest BCUT2D eigenvalue weighted by Gasteiger charge is -1.98. The van der Waals surface area contributed by atoms with Crippen molar-refractivity contribution in [3.8, 4) is 0 Å². The van der Waals surface area contributed by atoms with E-state index in [-0.39, 0.29) is 5.69 Å². The topological polar surface area (TPSA) is 86.2 Å². The van der Waals surface area contributed by atoms with Gasteiger partial charge in [0.15, 0.2) is 5.82 Å². The molecule has 7 nitrogen and oxygen atoms in total. The van der Waals surface area contributed by atoms with Crippen LogP contribution in [0.15, 0.2) is 34.5 Å². The van der Waals surface area contributed by atoms with Crippen molar-refractivity contribution >= 4 is 23.7 Å². The molecule has 1 aromatic heterocycles. The second-order valence-electron chi connectivity index (χ2n) is 3.64. The second kappa shape index (κ2) is 5.61. The highest BCUT2D eigenvalue weighted by molar-refractivity contribution is 7.98. The number of hydrogen-bond acceptors (Lipinski definition) is 6. The minimum atomic E-state index is -0.434. The van der Waals surface area contributed by atoms with Gasteiger partial charge in [0.1, 0.15) is 0 Å². The summed E-state index contributed by atoms with van der Waals surface area (Å²) in [6.07, 6.45) is 3.50. The zero-order chi connectivity index (χ0) is 13.8. The van der Waals surface area contributed by atoms with E-state index in [9.17, 15) is 10.1 Å². The van der Waals surface area contributed by atoms with E-state index >= 15 is 0 Å². The zero-order valence-corrected chi connectivity index (χ0v) is 11.2. The quantitative estimate of drug-likeness (QED) is 0.369. The summed E-state index contributed by atoms with van der Waals surface area (Å²) in [5.41, 5.74) is 0.827. The predicted molar refractivity (Wildman–Crippen MR) is 72.6 cm³/mol. The first-order valence-electron chi connectivity index (χ1n) is 5.36. The molecule has 0 spiro atoms. The predicted octanol–water partition coefficient (Wildman–Crippen LogP) is 2.10. The van der Waals surface area contributed by atoms with Crippen molar-refractivity contribution in [1.29, 1.82) is 0 Å². The highest BCUT2D eigenvalue weighted by Crippen LogP contribution is 2.13. The molecular formula is C11H11N5O2S. The number of benzene rings is 1. The molecule has 0 fully saturated rings. The summed E-state index contributed by atoms with van der Waals surface area (Å²) in [6, 6.07) is 6.16. The Kier molecular flexibility index (Phi) is 3.91. The Hall–Kier alpha value is -2.22. The standard InChI is InChI=1S/C11H11N5O2S/c1-8-13-14-11(19-2)15(8)12-7-9-3-5-10(6-4-9)16(17)18/h3-7H,1-2H3/b12-7-. The maximum Gasteiger partial charge on any atom is 0.269 e. The molecular weight excluding hydrogens is 266 g/mol. The van der Waals surface area contributed by atoms with Crippen molar-refractivity contribution in [3.63, 3.8) is 0 Å². The summed E-state index contributed by atoms with van der Waals surface area (Å²) < 4.78 is 1.62. The Balaban J connectivity index is 2.22. The van der Waals surface area contributed by atoms with Crippen LogP contribution in [-0.4, -0.2) is 32.3 Å². The van der Waals surface area contributed by atoms with Gasteiger partial charge in [-0.1, -0.05) is 11.8 Å². The lowest BCUT2D eigenvalue weighted by molar-refractivity contribution is -0.384. The van der Waals surface area contributed by atoms with Crippen LogP contribution in [0.25, 0.3) is 0 Å². The number of non-ortho nitro benzene ring substituents is 1. The molecule has 98 valence electrons. The second-order valence-corrected chi connectivity index (χ2v) is 4.41. The van der Waals surface area contributed by atoms with E-state index < -0.39 is 4.92 Å². The minimum absolute atomic E-state index is 0.0578. The summed E-state index contributed by atoms with van der Waals surface area (Å²) in [5, 5.41) is 23.4. The van der Waals surface area contributed by atoms with Gasteiger partial charge in [-0.3, -0.25) is 10.1 Å². The van der Waals surface area contributed by atoms with Gasteiger partial charge in [0.05, 0.1) is 11.1 Å². The number of rotatable bonds is 4. The monoisotopic (exact) mass is 277 g/mol. The molecule has 0 aliphatic rings. The molecule has 0 radical (unpaired) electrons. The Bertz CT molecular complexity index is 621. The molecule has 1 aromatic carbocycles. The van der Waals surface area contributed by atoms with Crippen molar-refractivity contribution in [3.05, 3.63) is 45.8 Å². The fourth-order valence-corrected chi connectivity index (χ4v) is 1.88. The van der Waals surface area contributed by atoms with Gasteiger partial charge in [-0.2, -0.15) is 9.78 Å². The van der Waals surface area contributed by atoms with Crippen molar-refractivity contribution in [2.24, 2.45) is 5.10 Å². The van der Waals surface area contributed by atoms with Gasteiger partial charge in [-0.15, -0.1) is 10.2 Å². The number of aryl methyl sites for hydroxylation is 1. The SMILES string of the molecule is CSc1nnc(C)n1/N=C\c1ccc([N+](=O)[O-])cc1. The van der Waals surface area contributed by atoms with Crippen LogP contribution >= 0.6 is 11.8 Å². The number of nitro benzene ring substituents is 1. The first kappa shape index (κ1) is 13.2. The molecule has 0 unspecified atom stereocenters. The number of nitro groups is 1. The number of hydrogen-bond donors (Lipinski definition) is 0. The first-order chi connectivity index (χ1) is 9.11. The maximum atomic E-state index is 10.5. The van der Waals surface area contributed by atoms with Crippen LogP contribution in [0.5, 0.6) is 0 Å². The summed E-state index contributed by atoms with van der Waals surface area (Å²) in [7, 11) is 0. The Morgan fingerprint density at radius 1 is 1.37 bits per heavy atom. The zero-order valence-electron chi connectivity index (χ0n) is 10.3. The van der Waals surface area contributed by atoms with Crippen LogP contribution in [0.2, 0.25) is 0 Å². The van der Waals surface area contributed by atoms with E-state index in [4.69, 9.17) is 0 Å². The van der Waals surface area contributed by atoms with Gasteiger partial charge in [0, 0.05) is 12.1 Å². The maximum absolute atomic E-state index is 10.5. The molecule has 2 rings (SSSR count). The van der Waals surface area contributed by atoms with Gasteiger partial charge < -0.3 is 0 Å². The van der Waals surface area contributed by atoms with Crippen molar-refractivity contribution in [2.75, 3.05) is 6.26 Å². The van der Waals surface area contributed by atoms with Crippen molar-refractivity contribution in [2.45, 2.75) is 12.1 Å². The third-order valence-electron chi connectivity index (χ3n) is 2.38. The summed E-state index contributed by atoms with van der Waals surface area (Å²) >= 11 is 1.44. The van der Waals surface area contributed by atoms with Crippen LogP contribution in [0.3, 0.4) is 0 Å². The molecule has 0 N–H and O–H groups in total. The average molecular weight is 277 g/mol. The molecule has 0 aliphatic carbocycles. The summed E-state index contributed by atoms with van der Waals surface area (Å²) in [4.78, 5) is 10.1.